The van der Waals surface area contributed by atoms with E-state index < -0.39 is 12.0 Å². The number of nitrogens with zero attached hydrogens (tertiary/aromatic N) is 2. The molecule has 1 rings (SSSR count). The minimum Gasteiger partial charge on any atom is -0.480 e. The Labute approximate surface area is 80.5 Å². The van der Waals surface area contributed by atoms with Crippen LogP contribution in [0.3, 0.4) is 0 Å². The van der Waals surface area contributed by atoms with Crippen LogP contribution >= 0.6 is 0 Å². The largest absolute Gasteiger partial charge is 0.480 e. The van der Waals surface area contributed by atoms with Crippen LogP contribution in [0.4, 0.5) is 5.69 Å². The molecule has 1 atom stereocenters. The fourth-order valence-corrected chi connectivity index (χ4v) is 0.931. The van der Waals surface area contributed by atoms with Crippen molar-refractivity contribution < 1.29 is 14.7 Å². The lowest BCUT2D eigenvalue weighted by Gasteiger charge is -2.04. The molecule has 0 spiro atoms. The summed E-state index contributed by atoms with van der Waals surface area (Å²) in [5, 5.41) is 15.0. The van der Waals surface area contributed by atoms with Gasteiger partial charge in [-0.3, -0.25) is 9.48 Å². The van der Waals surface area contributed by atoms with E-state index in [0.717, 1.165) is 0 Å². The molecule has 14 heavy (non-hydrogen) atoms. The van der Waals surface area contributed by atoms with Crippen LogP contribution in [-0.2, 0) is 9.59 Å². The van der Waals surface area contributed by atoms with Crippen LogP contribution in [0.2, 0.25) is 0 Å². The maximum absolute atomic E-state index is 10.7. The number of carbonyl (C=O) groups is 2. The summed E-state index contributed by atoms with van der Waals surface area (Å²) in [7, 11) is 0. The maximum atomic E-state index is 10.7. The van der Waals surface area contributed by atoms with Crippen LogP contribution in [0, 0.1) is 0 Å². The van der Waals surface area contributed by atoms with Gasteiger partial charge < -0.3 is 10.4 Å². The molecule has 6 nitrogen and oxygen atoms in total. The van der Waals surface area contributed by atoms with E-state index in [-0.39, 0.29) is 5.91 Å². The minimum absolute atomic E-state index is 0.215. The Morgan fingerprint density at radius 2 is 2.29 bits per heavy atom. The average molecular weight is 197 g/mol. The van der Waals surface area contributed by atoms with Gasteiger partial charge in [0.2, 0.25) is 5.91 Å². The van der Waals surface area contributed by atoms with Crippen molar-refractivity contribution in [2.24, 2.45) is 0 Å². The highest BCUT2D eigenvalue weighted by Crippen LogP contribution is 2.10. The number of rotatable bonds is 3. The molecule has 0 saturated carbocycles. The second-order valence-corrected chi connectivity index (χ2v) is 2.90. The molecule has 2 N–H and O–H groups in total. The van der Waals surface area contributed by atoms with E-state index >= 15 is 0 Å². The van der Waals surface area contributed by atoms with Gasteiger partial charge in [0, 0.05) is 13.1 Å². The third-order valence-electron chi connectivity index (χ3n) is 1.68. The SMILES string of the molecule is CC(=O)Nc1cnn(C(C)C(=O)O)c1. The molecule has 1 unspecified atom stereocenters. The molecule has 0 aliphatic heterocycles. The summed E-state index contributed by atoms with van der Waals surface area (Å²) in [4.78, 5) is 21.2. The molecule has 0 aliphatic carbocycles. The van der Waals surface area contributed by atoms with Crippen LogP contribution in [-0.4, -0.2) is 26.8 Å². The van der Waals surface area contributed by atoms with Crippen LogP contribution in [0.1, 0.15) is 19.9 Å². The lowest BCUT2D eigenvalue weighted by Crippen LogP contribution is -2.15. The Morgan fingerprint density at radius 3 is 2.79 bits per heavy atom. The zero-order valence-electron chi connectivity index (χ0n) is 7.89. The molecule has 6 heteroatoms. The van der Waals surface area contributed by atoms with Crippen molar-refractivity contribution >= 4 is 17.6 Å². The molecule has 0 radical (unpaired) electrons. The van der Waals surface area contributed by atoms with Gasteiger partial charge in [-0.2, -0.15) is 5.10 Å². The van der Waals surface area contributed by atoms with Gasteiger partial charge in [0.05, 0.1) is 11.9 Å². The number of anilines is 1. The van der Waals surface area contributed by atoms with Gasteiger partial charge in [0.1, 0.15) is 6.04 Å². The third kappa shape index (κ3) is 2.32. The van der Waals surface area contributed by atoms with Gasteiger partial charge in [-0.15, -0.1) is 0 Å². The number of carbonyl (C=O) groups excluding carboxylic acids is 1. The topological polar surface area (TPSA) is 84.2 Å². The first kappa shape index (κ1) is 10.2. The Hall–Kier alpha value is -1.85. The van der Waals surface area contributed by atoms with Gasteiger partial charge in [0.15, 0.2) is 0 Å². The molecule has 0 fully saturated rings. The second kappa shape index (κ2) is 3.91. The molecule has 0 aliphatic rings. The lowest BCUT2D eigenvalue weighted by molar-refractivity contribution is -0.140. The lowest BCUT2D eigenvalue weighted by atomic mass is 10.3. The summed E-state index contributed by atoms with van der Waals surface area (Å²) in [5.41, 5.74) is 0.491. The molecule has 76 valence electrons. The molecule has 0 aromatic carbocycles. The summed E-state index contributed by atoms with van der Waals surface area (Å²) >= 11 is 0. The Morgan fingerprint density at radius 1 is 1.64 bits per heavy atom. The number of aromatic nitrogens is 2. The first-order valence-corrected chi connectivity index (χ1v) is 4.05. The van der Waals surface area contributed by atoms with E-state index in [1.54, 1.807) is 0 Å². The van der Waals surface area contributed by atoms with Crippen molar-refractivity contribution in [2.75, 3.05) is 5.32 Å². The Balaban J connectivity index is 2.77. The van der Waals surface area contributed by atoms with Gasteiger partial charge >= 0.3 is 5.97 Å². The van der Waals surface area contributed by atoms with Crippen LogP contribution in [0.25, 0.3) is 0 Å². The Kier molecular flexibility index (Phi) is 2.85. The van der Waals surface area contributed by atoms with Crippen molar-refractivity contribution in [3.63, 3.8) is 0 Å². The number of carboxylic acid groups (broad SMARTS) is 1. The molecule has 0 bridgehead atoms. The number of hydrogen-bond donors (Lipinski definition) is 2. The van der Waals surface area contributed by atoms with Crippen LogP contribution in [0.15, 0.2) is 12.4 Å². The monoisotopic (exact) mass is 197 g/mol. The number of hydrogen-bond acceptors (Lipinski definition) is 3. The van der Waals surface area contributed by atoms with E-state index in [2.05, 4.69) is 10.4 Å². The number of amides is 1. The normalized spacial score (nSPS) is 12.1. The molecular weight excluding hydrogens is 186 g/mol. The fraction of sp³-hybridized carbons (Fsp3) is 0.375. The standard InChI is InChI=1S/C8H11N3O3/c1-5(8(13)14)11-4-7(3-9-11)10-6(2)12/h3-5H,1-2H3,(H,10,12)(H,13,14). The molecular formula is C8H11N3O3. The van der Waals surface area contributed by atoms with Gasteiger partial charge in [-0.1, -0.05) is 0 Å². The highest BCUT2D eigenvalue weighted by molar-refractivity contribution is 5.88. The minimum atomic E-state index is -0.970. The van der Waals surface area contributed by atoms with Crippen LogP contribution < -0.4 is 5.32 Å². The first-order valence-electron chi connectivity index (χ1n) is 4.05. The maximum Gasteiger partial charge on any atom is 0.328 e. The molecule has 1 aromatic rings. The van der Waals surface area contributed by atoms with E-state index in [1.807, 2.05) is 0 Å². The van der Waals surface area contributed by atoms with E-state index in [9.17, 15) is 9.59 Å². The second-order valence-electron chi connectivity index (χ2n) is 2.90. The van der Waals surface area contributed by atoms with E-state index in [1.165, 1.54) is 30.9 Å². The molecule has 1 aromatic heterocycles. The smallest absolute Gasteiger partial charge is 0.328 e. The number of nitrogens with one attached hydrogen (secondary N) is 1. The summed E-state index contributed by atoms with van der Waals surface area (Å²) in [6, 6.07) is -0.738. The molecule has 1 amide bonds. The van der Waals surface area contributed by atoms with Crippen LogP contribution in [0.5, 0.6) is 0 Å². The van der Waals surface area contributed by atoms with E-state index in [4.69, 9.17) is 5.11 Å². The zero-order valence-corrected chi connectivity index (χ0v) is 7.89. The highest BCUT2D eigenvalue weighted by Gasteiger charge is 2.13. The van der Waals surface area contributed by atoms with Crippen molar-refractivity contribution in [3.05, 3.63) is 12.4 Å². The quantitative estimate of drug-likeness (QED) is 0.738. The van der Waals surface area contributed by atoms with Crippen molar-refractivity contribution in [1.82, 2.24) is 9.78 Å². The summed E-state index contributed by atoms with van der Waals surface area (Å²) in [6.45, 7) is 2.88. The summed E-state index contributed by atoms with van der Waals surface area (Å²) in [5.74, 6) is -1.19. The average Bonchev–Trinajstić information content (AvgIpc) is 2.50. The van der Waals surface area contributed by atoms with Crippen molar-refractivity contribution in [2.45, 2.75) is 19.9 Å². The van der Waals surface area contributed by atoms with Crippen molar-refractivity contribution in [3.8, 4) is 0 Å². The molecule has 1 heterocycles. The molecule has 0 saturated heterocycles. The van der Waals surface area contributed by atoms with Gasteiger partial charge in [-0.05, 0) is 6.92 Å². The van der Waals surface area contributed by atoms with Crippen molar-refractivity contribution in [1.29, 1.82) is 0 Å². The van der Waals surface area contributed by atoms with Gasteiger partial charge in [-0.25, -0.2) is 4.79 Å². The van der Waals surface area contributed by atoms with E-state index in [0.29, 0.717) is 5.69 Å². The summed E-state index contributed by atoms with van der Waals surface area (Å²) < 4.78 is 1.27. The predicted molar refractivity (Wildman–Crippen MR) is 48.9 cm³/mol. The first-order chi connectivity index (χ1) is 6.50. The number of aliphatic carboxylic acids is 1. The summed E-state index contributed by atoms with van der Waals surface area (Å²) in [6.07, 6.45) is 2.88. The predicted octanol–water partition coefficient (Wildman–Crippen LogP) is 0.487. The third-order valence-corrected chi connectivity index (χ3v) is 1.68. The fourth-order valence-electron chi connectivity index (χ4n) is 0.931. The highest BCUT2D eigenvalue weighted by atomic mass is 16.4. The number of carboxylic acids is 1. The van der Waals surface area contributed by atoms with Gasteiger partial charge in [0.25, 0.3) is 0 Å². The Bertz CT molecular complexity index is 358. The zero-order chi connectivity index (χ0) is 10.7.